The first-order chi connectivity index (χ1) is 23.7. The summed E-state index contributed by atoms with van der Waals surface area (Å²) in [6, 6.07) is 20.3. The Labute approximate surface area is 299 Å². The first-order valence-corrected chi connectivity index (χ1v) is 16.5. The zero-order chi connectivity index (χ0) is 36.3. The summed E-state index contributed by atoms with van der Waals surface area (Å²) < 4.78 is 9.06. The summed E-state index contributed by atoms with van der Waals surface area (Å²) in [7, 11) is 1.54. The average molecular weight is 718 g/mol. The molecule has 2 aromatic heterocycles. The van der Waals surface area contributed by atoms with Gasteiger partial charge in [-0.05, 0) is 54.8 Å². The summed E-state index contributed by atoms with van der Waals surface area (Å²) in [6.07, 6.45) is 0. The quantitative estimate of drug-likeness (QED) is 0.127. The van der Waals surface area contributed by atoms with E-state index >= 15 is 0 Å². The van der Waals surface area contributed by atoms with E-state index in [0.717, 1.165) is 22.4 Å². The second-order valence-corrected chi connectivity index (χ2v) is 13.5. The maximum atomic E-state index is 13.5. The summed E-state index contributed by atoms with van der Waals surface area (Å²) >= 11 is 12.6. The Morgan fingerprint density at radius 1 is 0.960 bits per heavy atom. The fourth-order valence-electron chi connectivity index (χ4n) is 5.25. The Balaban J connectivity index is 1.31. The number of ether oxygens (including phenoxy) is 1. The smallest absolute Gasteiger partial charge is 0.320 e. The van der Waals surface area contributed by atoms with Gasteiger partial charge in [0.2, 0.25) is 0 Å². The predicted molar refractivity (Wildman–Crippen MR) is 195 cm³/mol. The Bertz CT molecular complexity index is 2150. The minimum absolute atomic E-state index is 0.0784. The highest BCUT2D eigenvalue weighted by Gasteiger charge is 2.22. The second-order valence-electron chi connectivity index (χ2n) is 12.8. The van der Waals surface area contributed by atoms with Gasteiger partial charge in [-0.25, -0.2) is 9.48 Å². The van der Waals surface area contributed by atoms with E-state index in [4.69, 9.17) is 27.9 Å². The number of aryl methyl sites for hydroxylation is 2. The monoisotopic (exact) mass is 716 g/mol. The highest BCUT2D eigenvalue weighted by Crippen LogP contribution is 2.31. The van der Waals surface area contributed by atoms with Crippen LogP contribution in [0.4, 0.5) is 10.6 Å². The molecule has 0 saturated carbocycles. The number of benzene rings is 3. The van der Waals surface area contributed by atoms with Gasteiger partial charge < -0.3 is 20.5 Å². The summed E-state index contributed by atoms with van der Waals surface area (Å²) in [5.74, 6) is 0.240. The summed E-state index contributed by atoms with van der Waals surface area (Å²) in [5.41, 5.74) is 4.35. The van der Waals surface area contributed by atoms with Gasteiger partial charge in [0.15, 0.2) is 0 Å². The van der Waals surface area contributed by atoms with E-state index in [-0.39, 0.29) is 46.0 Å². The number of halogens is 2. The molecule has 0 aliphatic heterocycles. The van der Waals surface area contributed by atoms with Crippen LogP contribution >= 0.6 is 23.2 Å². The van der Waals surface area contributed by atoms with E-state index in [1.807, 2.05) is 52.0 Å². The summed E-state index contributed by atoms with van der Waals surface area (Å²) in [5, 5.41) is 23.3. The van der Waals surface area contributed by atoms with Gasteiger partial charge in [-0.3, -0.25) is 19.5 Å². The molecule has 3 amide bonds. The molecule has 0 radical (unpaired) electrons. The number of hydrogen-bond acceptors (Lipinski definition) is 6. The molecule has 260 valence electrons. The summed E-state index contributed by atoms with van der Waals surface area (Å²) in [6.45, 7) is 9.89. The fourth-order valence-corrected chi connectivity index (χ4v) is 5.56. The van der Waals surface area contributed by atoms with Crippen LogP contribution in [0.1, 0.15) is 59.2 Å². The van der Waals surface area contributed by atoms with E-state index in [1.165, 1.54) is 15.3 Å². The van der Waals surface area contributed by atoms with Crippen molar-refractivity contribution >= 4 is 41.0 Å². The van der Waals surface area contributed by atoms with E-state index in [1.54, 1.807) is 56.4 Å². The van der Waals surface area contributed by atoms with Gasteiger partial charge in [-0.15, -0.1) is 0 Å². The molecule has 2 heterocycles. The highest BCUT2D eigenvalue weighted by molar-refractivity contribution is 6.32. The molecule has 5 aromatic rings. The van der Waals surface area contributed by atoms with Gasteiger partial charge >= 0.3 is 6.03 Å². The normalized spacial score (nSPS) is 11.3. The zero-order valence-corrected chi connectivity index (χ0v) is 30.0. The number of nitrogens with one attached hydrogen (secondary N) is 3. The number of rotatable bonds is 9. The van der Waals surface area contributed by atoms with Crippen LogP contribution in [0.2, 0.25) is 10.0 Å². The van der Waals surface area contributed by atoms with Crippen molar-refractivity contribution < 1.29 is 19.4 Å². The Morgan fingerprint density at radius 2 is 1.68 bits per heavy atom. The van der Waals surface area contributed by atoms with Crippen LogP contribution in [-0.2, 0) is 18.6 Å². The van der Waals surface area contributed by atoms with Crippen molar-refractivity contribution in [3.8, 4) is 22.9 Å². The lowest BCUT2D eigenvalue weighted by molar-refractivity contribution is 0.0963. The first kappa shape index (κ1) is 36.0. The van der Waals surface area contributed by atoms with Crippen LogP contribution in [0.5, 0.6) is 11.5 Å². The molecule has 0 spiro atoms. The van der Waals surface area contributed by atoms with E-state index in [0.29, 0.717) is 28.5 Å². The molecule has 0 saturated heterocycles. The standard InChI is InChI=1S/C37H38Cl2N6O5/c1-21-11-12-23(34(47)40-6)16-28(21)44-22(2)15-30(33(39)35(44)48)50-20-25-10-8-7-9-24(25)19-41-36(49)42-32-18-31(37(3,4)5)43-45(32)26-13-14-27(38)29(46)17-26/h7-18,46H,19-20H2,1-6H3,(H,40,47)(H2,41,42,49). The van der Waals surface area contributed by atoms with Crippen molar-refractivity contribution in [2.75, 3.05) is 12.4 Å². The van der Waals surface area contributed by atoms with E-state index in [9.17, 15) is 19.5 Å². The molecular formula is C37H38Cl2N6O5. The van der Waals surface area contributed by atoms with E-state index in [2.05, 4.69) is 21.0 Å². The molecule has 0 unspecified atom stereocenters. The fraction of sp³-hybridized carbons (Fsp3) is 0.243. The van der Waals surface area contributed by atoms with Crippen molar-refractivity contribution in [1.82, 2.24) is 25.0 Å². The number of aromatic hydroxyl groups is 1. The second kappa shape index (κ2) is 14.7. The van der Waals surface area contributed by atoms with Crippen molar-refractivity contribution in [2.24, 2.45) is 0 Å². The molecule has 0 aliphatic carbocycles. The lowest BCUT2D eigenvalue weighted by Gasteiger charge is -2.17. The van der Waals surface area contributed by atoms with Crippen LogP contribution in [0.15, 0.2) is 77.6 Å². The first-order valence-electron chi connectivity index (χ1n) is 15.8. The summed E-state index contributed by atoms with van der Waals surface area (Å²) in [4.78, 5) is 38.9. The van der Waals surface area contributed by atoms with Crippen LogP contribution in [0.3, 0.4) is 0 Å². The number of pyridine rings is 1. The average Bonchev–Trinajstić information content (AvgIpc) is 3.51. The van der Waals surface area contributed by atoms with Crippen LogP contribution in [-0.4, -0.2) is 38.4 Å². The molecular weight excluding hydrogens is 679 g/mol. The minimum atomic E-state index is -0.479. The zero-order valence-electron chi connectivity index (χ0n) is 28.5. The highest BCUT2D eigenvalue weighted by atomic mass is 35.5. The molecule has 0 fully saturated rings. The van der Waals surface area contributed by atoms with Gasteiger partial charge in [0.25, 0.3) is 11.5 Å². The van der Waals surface area contributed by atoms with Crippen LogP contribution in [0.25, 0.3) is 11.4 Å². The number of hydrogen-bond donors (Lipinski definition) is 4. The lowest BCUT2D eigenvalue weighted by atomic mass is 9.92. The van der Waals surface area contributed by atoms with Gasteiger partial charge in [0, 0.05) is 48.5 Å². The number of carbonyl (C=O) groups excluding carboxylic acids is 2. The predicted octanol–water partition coefficient (Wildman–Crippen LogP) is 7.21. The number of urea groups is 1. The number of anilines is 1. The molecule has 0 aliphatic rings. The molecule has 5 rings (SSSR count). The van der Waals surface area contributed by atoms with Crippen molar-refractivity contribution in [3.05, 3.63) is 127 Å². The third kappa shape index (κ3) is 7.79. The SMILES string of the molecule is CNC(=O)c1ccc(C)c(-n2c(C)cc(OCc3ccccc3CNC(=O)Nc3cc(C(C)(C)C)nn3-c3ccc(Cl)c(O)c3)c(Cl)c2=O)c1. The largest absolute Gasteiger partial charge is 0.506 e. The molecule has 3 aromatic carbocycles. The van der Waals surface area contributed by atoms with Crippen LogP contribution < -0.4 is 26.2 Å². The lowest BCUT2D eigenvalue weighted by Crippen LogP contribution is -2.29. The van der Waals surface area contributed by atoms with Crippen molar-refractivity contribution in [1.29, 1.82) is 0 Å². The van der Waals surface area contributed by atoms with E-state index < -0.39 is 11.6 Å². The van der Waals surface area contributed by atoms with Crippen molar-refractivity contribution in [2.45, 2.75) is 53.2 Å². The maximum absolute atomic E-state index is 13.5. The minimum Gasteiger partial charge on any atom is -0.506 e. The van der Waals surface area contributed by atoms with Gasteiger partial charge in [0.1, 0.15) is 28.9 Å². The molecule has 50 heavy (non-hydrogen) atoms. The number of carbonyl (C=O) groups is 2. The Morgan fingerprint density at radius 3 is 2.36 bits per heavy atom. The van der Waals surface area contributed by atoms with Gasteiger partial charge in [0.05, 0.1) is 22.1 Å². The van der Waals surface area contributed by atoms with Gasteiger partial charge in [-0.2, -0.15) is 5.10 Å². The molecule has 13 heteroatoms. The number of phenolic OH excluding ortho intramolecular Hbond substituents is 1. The third-order valence-electron chi connectivity index (χ3n) is 8.07. The van der Waals surface area contributed by atoms with Gasteiger partial charge in [-0.1, -0.05) is 74.3 Å². The molecule has 0 bridgehead atoms. The molecule has 4 N–H and O–H groups in total. The van der Waals surface area contributed by atoms with Crippen LogP contribution in [0, 0.1) is 13.8 Å². The molecule has 11 nitrogen and oxygen atoms in total. The topological polar surface area (TPSA) is 140 Å². The third-order valence-corrected chi connectivity index (χ3v) is 8.74. The Kier molecular flexibility index (Phi) is 10.6. The number of aromatic nitrogens is 3. The van der Waals surface area contributed by atoms with Crippen molar-refractivity contribution in [3.63, 3.8) is 0 Å². The molecule has 0 atom stereocenters. The maximum Gasteiger partial charge on any atom is 0.320 e. The number of phenols is 1. The number of amides is 3. The number of nitrogens with zero attached hydrogens (tertiary/aromatic N) is 3. The Hall–Kier alpha value is -5.26.